The van der Waals surface area contributed by atoms with E-state index in [0.29, 0.717) is 11.6 Å². The lowest BCUT2D eigenvalue weighted by Gasteiger charge is -2.17. The lowest BCUT2D eigenvalue weighted by molar-refractivity contribution is -0.137. The smallest absolute Gasteiger partial charge is 0.316 e. The number of aryl methyl sites for hydroxylation is 2. The monoisotopic (exact) mass is 327 g/mol. The predicted octanol–water partition coefficient (Wildman–Crippen LogP) is 1.99. The minimum Gasteiger partial charge on any atom is -0.481 e. The maximum Gasteiger partial charge on any atom is 0.316 e. The van der Waals surface area contributed by atoms with E-state index in [2.05, 4.69) is 10.3 Å². The molecule has 1 heterocycles. The van der Waals surface area contributed by atoms with Gasteiger partial charge in [0.05, 0.1) is 7.11 Å². The first-order valence-corrected chi connectivity index (χ1v) is 7.56. The Kier molecular flexibility index (Phi) is 5.52. The first-order chi connectivity index (χ1) is 11.4. The van der Waals surface area contributed by atoms with E-state index in [1.807, 2.05) is 38.1 Å². The van der Waals surface area contributed by atoms with Crippen molar-refractivity contribution in [2.24, 2.45) is 0 Å². The maximum atomic E-state index is 12.2. The summed E-state index contributed by atoms with van der Waals surface area (Å²) in [5, 5.41) is 2.63. The lowest BCUT2D eigenvalue weighted by atomic mass is 10.1. The summed E-state index contributed by atoms with van der Waals surface area (Å²) in [5.41, 5.74) is 3.19. The van der Waals surface area contributed by atoms with E-state index in [-0.39, 0.29) is 6.54 Å². The molecule has 0 aliphatic heterocycles. The zero-order chi connectivity index (χ0) is 17.7. The van der Waals surface area contributed by atoms with Crippen LogP contribution in [0, 0.1) is 13.8 Å². The Labute approximate surface area is 141 Å². The van der Waals surface area contributed by atoms with Crippen molar-refractivity contribution in [3.8, 4) is 5.88 Å². The van der Waals surface area contributed by atoms with Crippen LogP contribution in [-0.2, 0) is 16.1 Å². The highest BCUT2D eigenvalue weighted by Gasteiger charge is 2.20. The zero-order valence-electron chi connectivity index (χ0n) is 14.3. The molecular formula is C18H21N3O3. The van der Waals surface area contributed by atoms with Crippen molar-refractivity contribution in [3.63, 3.8) is 0 Å². The molecule has 0 unspecified atom stereocenters. The number of nitrogens with zero attached hydrogens (tertiary/aromatic N) is 2. The Morgan fingerprint density at radius 2 is 1.88 bits per heavy atom. The first-order valence-electron chi connectivity index (χ1n) is 7.56. The molecule has 24 heavy (non-hydrogen) atoms. The van der Waals surface area contributed by atoms with Gasteiger partial charge in [-0.1, -0.05) is 18.2 Å². The largest absolute Gasteiger partial charge is 0.481 e. The van der Waals surface area contributed by atoms with Crippen LogP contribution in [0.15, 0.2) is 36.4 Å². The van der Waals surface area contributed by atoms with Crippen LogP contribution in [0.5, 0.6) is 5.88 Å². The van der Waals surface area contributed by atoms with Gasteiger partial charge in [-0.2, -0.15) is 0 Å². The number of amides is 2. The lowest BCUT2D eigenvalue weighted by Crippen LogP contribution is -2.41. The zero-order valence-corrected chi connectivity index (χ0v) is 14.3. The summed E-state index contributed by atoms with van der Waals surface area (Å²) in [6.07, 6.45) is 0. The molecule has 0 atom stereocenters. The van der Waals surface area contributed by atoms with E-state index >= 15 is 0 Å². The Bertz CT molecular complexity index is 745. The van der Waals surface area contributed by atoms with Crippen LogP contribution in [0.3, 0.4) is 0 Å². The SMILES string of the molecule is COc1nc(C)cc(C)c1CNC(=O)C(=O)N(C)c1ccccc1. The number of pyridine rings is 1. The van der Waals surface area contributed by atoms with Crippen molar-refractivity contribution in [3.05, 3.63) is 53.2 Å². The number of ether oxygens (including phenoxy) is 1. The highest BCUT2D eigenvalue weighted by molar-refractivity contribution is 6.40. The Morgan fingerprint density at radius 1 is 1.21 bits per heavy atom. The van der Waals surface area contributed by atoms with Gasteiger partial charge in [0, 0.05) is 30.5 Å². The molecule has 6 heteroatoms. The van der Waals surface area contributed by atoms with Gasteiger partial charge < -0.3 is 15.0 Å². The second kappa shape index (κ2) is 7.59. The third-order valence-electron chi connectivity index (χ3n) is 3.70. The average Bonchev–Trinajstić information content (AvgIpc) is 2.59. The summed E-state index contributed by atoms with van der Waals surface area (Å²) in [4.78, 5) is 30.0. The number of hydrogen-bond acceptors (Lipinski definition) is 4. The number of hydrogen-bond donors (Lipinski definition) is 1. The Morgan fingerprint density at radius 3 is 2.50 bits per heavy atom. The van der Waals surface area contributed by atoms with E-state index in [1.54, 1.807) is 19.2 Å². The van der Waals surface area contributed by atoms with Gasteiger partial charge in [0.1, 0.15) is 0 Å². The van der Waals surface area contributed by atoms with Crippen LogP contribution in [0.2, 0.25) is 0 Å². The predicted molar refractivity (Wildman–Crippen MR) is 92.0 cm³/mol. The number of benzene rings is 1. The number of carbonyl (C=O) groups is 2. The van der Waals surface area contributed by atoms with Crippen molar-refractivity contribution in [2.45, 2.75) is 20.4 Å². The van der Waals surface area contributed by atoms with Crippen molar-refractivity contribution in [1.82, 2.24) is 10.3 Å². The number of aromatic nitrogens is 1. The summed E-state index contributed by atoms with van der Waals surface area (Å²) in [6, 6.07) is 10.9. The number of anilines is 1. The number of para-hydroxylation sites is 1. The van der Waals surface area contributed by atoms with Gasteiger partial charge in [-0.05, 0) is 37.6 Å². The number of nitrogens with one attached hydrogen (secondary N) is 1. The quantitative estimate of drug-likeness (QED) is 0.872. The third kappa shape index (κ3) is 3.90. The van der Waals surface area contributed by atoms with Crippen molar-refractivity contribution in [2.75, 3.05) is 19.1 Å². The fourth-order valence-corrected chi connectivity index (χ4v) is 2.38. The highest BCUT2D eigenvalue weighted by atomic mass is 16.5. The third-order valence-corrected chi connectivity index (χ3v) is 3.70. The Hall–Kier alpha value is -2.89. The molecule has 1 N–H and O–H groups in total. The van der Waals surface area contributed by atoms with Gasteiger partial charge in [-0.25, -0.2) is 4.98 Å². The van der Waals surface area contributed by atoms with Crippen LogP contribution in [0.25, 0.3) is 0 Å². The molecule has 1 aromatic heterocycles. The van der Waals surface area contributed by atoms with E-state index in [0.717, 1.165) is 16.8 Å². The molecule has 0 aliphatic carbocycles. The van der Waals surface area contributed by atoms with Crippen LogP contribution < -0.4 is 15.0 Å². The molecule has 0 saturated carbocycles. The molecule has 0 fully saturated rings. The fraction of sp³-hybridized carbons (Fsp3) is 0.278. The van der Waals surface area contributed by atoms with Gasteiger partial charge >= 0.3 is 11.8 Å². The summed E-state index contributed by atoms with van der Waals surface area (Å²) in [5.74, 6) is -0.849. The molecule has 2 rings (SSSR count). The minimum atomic E-state index is -0.677. The number of carbonyl (C=O) groups excluding carboxylic acids is 2. The van der Waals surface area contributed by atoms with E-state index < -0.39 is 11.8 Å². The van der Waals surface area contributed by atoms with Crippen molar-refractivity contribution >= 4 is 17.5 Å². The molecule has 0 radical (unpaired) electrons. The molecule has 0 saturated heterocycles. The van der Waals surface area contributed by atoms with E-state index in [9.17, 15) is 9.59 Å². The Balaban J connectivity index is 2.07. The van der Waals surface area contributed by atoms with E-state index in [4.69, 9.17) is 4.74 Å². The summed E-state index contributed by atoms with van der Waals surface area (Å²) in [6.45, 7) is 3.96. The van der Waals surface area contributed by atoms with Gasteiger partial charge in [-0.15, -0.1) is 0 Å². The van der Waals surface area contributed by atoms with Gasteiger partial charge in [0.15, 0.2) is 0 Å². The normalized spacial score (nSPS) is 10.2. The van der Waals surface area contributed by atoms with Crippen LogP contribution in [-0.4, -0.2) is 31.0 Å². The second-order valence-electron chi connectivity index (χ2n) is 5.45. The topological polar surface area (TPSA) is 71.5 Å². The summed E-state index contributed by atoms with van der Waals surface area (Å²) in [7, 11) is 3.09. The van der Waals surface area contributed by atoms with Crippen molar-refractivity contribution in [1.29, 1.82) is 0 Å². The molecule has 0 aliphatic rings. The fourth-order valence-electron chi connectivity index (χ4n) is 2.38. The molecule has 0 bridgehead atoms. The summed E-state index contributed by atoms with van der Waals surface area (Å²) < 4.78 is 5.26. The van der Waals surface area contributed by atoms with Crippen LogP contribution in [0.1, 0.15) is 16.8 Å². The maximum absolute atomic E-state index is 12.2. The molecule has 126 valence electrons. The first kappa shape index (κ1) is 17.5. The average molecular weight is 327 g/mol. The summed E-state index contributed by atoms with van der Waals surface area (Å²) >= 11 is 0. The molecule has 1 aromatic carbocycles. The van der Waals surface area contributed by atoms with E-state index in [1.165, 1.54) is 12.0 Å². The van der Waals surface area contributed by atoms with Gasteiger partial charge in [-0.3, -0.25) is 9.59 Å². The van der Waals surface area contributed by atoms with Crippen molar-refractivity contribution < 1.29 is 14.3 Å². The number of likely N-dealkylation sites (N-methyl/N-ethyl adjacent to an activating group) is 1. The van der Waals surface area contributed by atoms with Crippen LogP contribution >= 0.6 is 0 Å². The molecule has 0 spiro atoms. The molecular weight excluding hydrogens is 306 g/mol. The highest BCUT2D eigenvalue weighted by Crippen LogP contribution is 2.20. The molecule has 2 amide bonds. The number of rotatable bonds is 4. The van der Waals surface area contributed by atoms with Crippen LogP contribution in [0.4, 0.5) is 5.69 Å². The van der Waals surface area contributed by atoms with Gasteiger partial charge in [0.25, 0.3) is 0 Å². The second-order valence-corrected chi connectivity index (χ2v) is 5.45. The number of methoxy groups -OCH3 is 1. The minimum absolute atomic E-state index is 0.176. The standard InChI is InChI=1S/C18H21N3O3/c1-12-10-13(2)20-17(24-4)15(12)11-19-16(22)18(23)21(3)14-8-6-5-7-9-14/h5-10H,11H2,1-4H3,(H,19,22). The molecule has 2 aromatic rings. The molecule has 6 nitrogen and oxygen atoms in total. The van der Waals surface area contributed by atoms with Gasteiger partial charge in [0.2, 0.25) is 5.88 Å².